The molecule has 0 atom stereocenters. The Morgan fingerprint density at radius 1 is 1.16 bits per heavy atom. The fourth-order valence-electron chi connectivity index (χ4n) is 1.89. The molecule has 0 fully saturated rings. The highest BCUT2D eigenvalue weighted by Crippen LogP contribution is 2.30. The Hall–Kier alpha value is -2.02. The lowest BCUT2D eigenvalue weighted by molar-refractivity contribution is 0.477. The summed E-state index contributed by atoms with van der Waals surface area (Å²) in [6.45, 7) is 0.572. The summed E-state index contributed by atoms with van der Waals surface area (Å²) in [5.41, 5.74) is 8.76. The second-order valence-electron chi connectivity index (χ2n) is 4.08. The van der Waals surface area contributed by atoms with E-state index < -0.39 is 0 Å². The summed E-state index contributed by atoms with van der Waals surface area (Å²) in [5.74, 6) is 0.214. The lowest BCUT2D eigenvalue weighted by atomic mass is 9.99. The first-order chi connectivity index (χ1) is 8.74. The number of phenols is 1. The second kappa shape index (κ2) is 6.79. The first-order valence-electron chi connectivity index (χ1n) is 5.77. The van der Waals surface area contributed by atoms with E-state index in [1.54, 1.807) is 18.2 Å². The highest BCUT2D eigenvalue weighted by Gasteiger charge is 2.06. The number of halogens is 1. The van der Waals surface area contributed by atoms with E-state index in [-0.39, 0.29) is 18.2 Å². The molecular weight excluding hydrogens is 260 g/mol. The largest absolute Gasteiger partial charge is 0.507 e. The molecule has 0 aliphatic rings. The number of aromatic hydroxyl groups is 1. The Balaban J connectivity index is 0.00000180. The fraction of sp³-hybridized carbons (Fsp3) is 0.133. The highest BCUT2D eigenvalue weighted by molar-refractivity contribution is 5.85. The maximum Gasteiger partial charge on any atom is 0.123 e. The van der Waals surface area contributed by atoms with Crippen molar-refractivity contribution in [2.75, 3.05) is 6.54 Å². The average molecular weight is 275 g/mol. The van der Waals surface area contributed by atoms with Crippen LogP contribution in [-0.2, 0) is 6.42 Å². The molecule has 0 aliphatic carbocycles. The van der Waals surface area contributed by atoms with E-state index in [0.717, 1.165) is 23.1 Å². The van der Waals surface area contributed by atoms with Crippen molar-refractivity contribution in [1.29, 1.82) is 5.26 Å². The van der Waals surface area contributed by atoms with Gasteiger partial charge in [0.05, 0.1) is 11.6 Å². The standard InChI is InChI=1S/C15H14N2O.ClH/c16-7-6-11-4-5-15(18)14(9-11)13-3-1-2-12(8-13)10-17;/h1-5,8-9,18H,6-7,16H2;1H. The van der Waals surface area contributed by atoms with Crippen LogP contribution in [0.1, 0.15) is 11.1 Å². The smallest absolute Gasteiger partial charge is 0.123 e. The van der Waals surface area contributed by atoms with E-state index >= 15 is 0 Å². The normalized spacial score (nSPS) is 9.47. The highest BCUT2D eigenvalue weighted by atomic mass is 35.5. The third-order valence-corrected chi connectivity index (χ3v) is 2.80. The van der Waals surface area contributed by atoms with Crippen molar-refractivity contribution in [3.63, 3.8) is 0 Å². The maximum atomic E-state index is 9.91. The lowest BCUT2D eigenvalue weighted by Crippen LogP contribution is -2.02. The molecule has 3 N–H and O–H groups in total. The van der Waals surface area contributed by atoms with Gasteiger partial charge in [-0.2, -0.15) is 5.26 Å². The summed E-state index contributed by atoms with van der Waals surface area (Å²) in [4.78, 5) is 0. The van der Waals surface area contributed by atoms with Gasteiger partial charge in [0, 0.05) is 5.56 Å². The SMILES string of the molecule is Cl.N#Cc1cccc(-c2cc(CCN)ccc2O)c1. The van der Waals surface area contributed by atoms with E-state index in [1.165, 1.54) is 0 Å². The number of hydrogen-bond acceptors (Lipinski definition) is 3. The predicted octanol–water partition coefficient (Wildman–Crippen LogP) is 2.85. The molecule has 3 nitrogen and oxygen atoms in total. The van der Waals surface area contributed by atoms with Crippen LogP contribution in [0, 0.1) is 11.3 Å². The minimum absolute atomic E-state index is 0. The minimum atomic E-state index is 0. The van der Waals surface area contributed by atoms with Crippen LogP contribution in [0.4, 0.5) is 0 Å². The van der Waals surface area contributed by atoms with Crippen LogP contribution >= 0.6 is 12.4 Å². The molecule has 0 bridgehead atoms. The van der Waals surface area contributed by atoms with Gasteiger partial charge in [0.1, 0.15) is 5.75 Å². The van der Waals surface area contributed by atoms with Crippen molar-refractivity contribution >= 4 is 12.4 Å². The van der Waals surface area contributed by atoms with Crippen molar-refractivity contribution in [1.82, 2.24) is 0 Å². The fourth-order valence-corrected chi connectivity index (χ4v) is 1.89. The van der Waals surface area contributed by atoms with Gasteiger partial charge in [0.2, 0.25) is 0 Å². The van der Waals surface area contributed by atoms with Crippen molar-refractivity contribution in [3.8, 4) is 22.9 Å². The zero-order valence-corrected chi connectivity index (χ0v) is 11.2. The molecule has 2 aromatic carbocycles. The summed E-state index contributed by atoms with van der Waals surface area (Å²) in [6, 6.07) is 14.7. The van der Waals surface area contributed by atoms with E-state index in [4.69, 9.17) is 11.0 Å². The summed E-state index contributed by atoms with van der Waals surface area (Å²) < 4.78 is 0. The van der Waals surface area contributed by atoms with E-state index in [0.29, 0.717) is 12.1 Å². The second-order valence-corrected chi connectivity index (χ2v) is 4.08. The van der Waals surface area contributed by atoms with Gasteiger partial charge >= 0.3 is 0 Å². The first kappa shape index (κ1) is 15.0. The first-order valence-corrected chi connectivity index (χ1v) is 5.77. The topological polar surface area (TPSA) is 70.0 Å². The van der Waals surface area contributed by atoms with Crippen LogP contribution in [-0.4, -0.2) is 11.7 Å². The Morgan fingerprint density at radius 3 is 2.63 bits per heavy atom. The molecule has 98 valence electrons. The van der Waals surface area contributed by atoms with Crippen molar-refractivity contribution in [3.05, 3.63) is 53.6 Å². The summed E-state index contributed by atoms with van der Waals surface area (Å²) in [6.07, 6.45) is 0.769. The van der Waals surface area contributed by atoms with Gasteiger partial charge in [-0.05, 0) is 48.4 Å². The van der Waals surface area contributed by atoms with Gasteiger partial charge in [-0.15, -0.1) is 12.4 Å². The minimum Gasteiger partial charge on any atom is -0.507 e. The monoisotopic (exact) mass is 274 g/mol. The van der Waals surface area contributed by atoms with E-state index in [9.17, 15) is 5.11 Å². The summed E-state index contributed by atoms with van der Waals surface area (Å²) >= 11 is 0. The van der Waals surface area contributed by atoms with E-state index in [2.05, 4.69) is 6.07 Å². The molecule has 0 saturated carbocycles. The van der Waals surface area contributed by atoms with Crippen LogP contribution in [0.2, 0.25) is 0 Å². The molecule has 0 saturated heterocycles. The Bertz CT molecular complexity index is 605. The van der Waals surface area contributed by atoms with Gasteiger partial charge in [0.15, 0.2) is 0 Å². The summed E-state index contributed by atoms with van der Waals surface area (Å²) in [5, 5.41) is 18.8. The number of nitrogens with zero attached hydrogens (tertiary/aromatic N) is 1. The van der Waals surface area contributed by atoms with Crippen LogP contribution in [0.15, 0.2) is 42.5 Å². The molecule has 0 heterocycles. The third-order valence-electron chi connectivity index (χ3n) is 2.80. The molecular formula is C15H15ClN2O. The number of benzene rings is 2. The Morgan fingerprint density at radius 2 is 1.95 bits per heavy atom. The van der Waals surface area contributed by atoms with Gasteiger partial charge in [-0.25, -0.2) is 0 Å². The third kappa shape index (κ3) is 3.47. The number of hydrogen-bond donors (Lipinski definition) is 2. The van der Waals surface area contributed by atoms with Gasteiger partial charge in [-0.1, -0.05) is 18.2 Å². The average Bonchev–Trinajstić information content (AvgIpc) is 2.41. The molecule has 2 aromatic rings. The number of nitrogens with two attached hydrogens (primary N) is 1. The van der Waals surface area contributed by atoms with Crippen LogP contribution in [0.5, 0.6) is 5.75 Å². The molecule has 0 unspecified atom stereocenters. The van der Waals surface area contributed by atoms with Crippen molar-refractivity contribution in [2.24, 2.45) is 5.73 Å². The van der Waals surface area contributed by atoms with Crippen molar-refractivity contribution < 1.29 is 5.11 Å². The molecule has 0 amide bonds. The van der Waals surface area contributed by atoms with Gasteiger partial charge in [-0.3, -0.25) is 0 Å². The molecule has 19 heavy (non-hydrogen) atoms. The molecule has 4 heteroatoms. The zero-order valence-electron chi connectivity index (χ0n) is 10.3. The molecule has 0 spiro atoms. The van der Waals surface area contributed by atoms with Crippen LogP contribution < -0.4 is 5.73 Å². The number of phenolic OH excluding ortho intramolecular Hbond substituents is 1. The lowest BCUT2D eigenvalue weighted by Gasteiger charge is -2.08. The number of nitriles is 1. The molecule has 0 aromatic heterocycles. The van der Waals surface area contributed by atoms with Gasteiger partial charge in [0.25, 0.3) is 0 Å². The zero-order chi connectivity index (χ0) is 13.0. The maximum absolute atomic E-state index is 9.91. The Kier molecular flexibility index (Phi) is 5.37. The molecule has 0 aliphatic heterocycles. The summed E-state index contributed by atoms with van der Waals surface area (Å²) in [7, 11) is 0. The quantitative estimate of drug-likeness (QED) is 0.904. The number of rotatable bonds is 3. The van der Waals surface area contributed by atoms with Crippen LogP contribution in [0.25, 0.3) is 11.1 Å². The van der Waals surface area contributed by atoms with Gasteiger partial charge < -0.3 is 10.8 Å². The van der Waals surface area contributed by atoms with Crippen molar-refractivity contribution in [2.45, 2.75) is 6.42 Å². The molecule has 2 rings (SSSR count). The van der Waals surface area contributed by atoms with Crippen LogP contribution in [0.3, 0.4) is 0 Å². The Labute approximate surface area is 118 Å². The molecule has 0 radical (unpaired) electrons. The van der Waals surface area contributed by atoms with E-state index in [1.807, 2.05) is 24.3 Å². The predicted molar refractivity (Wildman–Crippen MR) is 78.3 cm³/mol.